The van der Waals surface area contributed by atoms with Gasteiger partial charge in [-0.3, -0.25) is 19.2 Å². The van der Waals surface area contributed by atoms with Gasteiger partial charge in [-0.15, -0.1) is 0 Å². The summed E-state index contributed by atoms with van der Waals surface area (Å²) in [4.78, 5) is 65.4. The molecule has 0 radical (unpaired) electrons. The third-order valence-corrected chi connectivity index (χ3v) is 16.9. The highest BCUT2D eigenvalue weighted by Crippen LogP contribution is 2.35. The van der Waals surface area contributed by atoms with Crippen molar-refractivity contribution in [2.75, 3.05) is 52.1 Å². The van der Waals surface area contributed by atoms with Gasteiger partial charge in [0.05, 0.1) is 24.8 Å². The van der Waals surface area contributed by atoms with Crippen LogP contribution in [0.4, 0.5) is 35.1 Å². The van der Waals surface area contributed by atoms with Crippen molar-refractivity contribution in [3.8, 4) is 22.3 Å². The van der Waals surface area contributed by atoms with Gasteiger partial charge in [-0.1, -0.05) is 136 Å². The number of hydrogen-bond donors (Lipinski definition) is 0. The Kier molecular flexibility index (Phi) is 15.9. The fourth-order valence-electron chi connectivity index (χ4n) is 10.4. The van der Waals surface area contributed by atoms with Crippen molar-refractivity contribution in [1.29, 1.82) is 0 Å². The lowest BCUT2D eigenvalue weighted by Crippen LogP contribution is -2.40. The number of thioether (sulfide) groups is 2. The number of alkyl halides is 6. The molecule has 12 nitrogen and oxygen atoms in total. The zero-order valence-electron chi connectivity index (χ0n) is 76.6. The number of carbonyl (C=O) groups is 2. The van der Waals surface area contributed by atoms with Crippen molar-refractivity contribution in [2.24, 2.45) is 0 Å². The smallest absolute Gasteiger partial charge is 0.336 e. The monoisotopic (exact) mass is 1380 g/mol. The first-order valence-corrected chi connectivity index (χ1v) is 31.4. The number of benzene rings is 6. The Morgan fingerprint density at radius 1 is 0.531 bits per heavy atom. The number of fused-ring (bicyclic) bond motifs is 2. The molecule has 0 aliphatic heterocycles. The molecule has 0 unspecified atom stereocenters. The van der Waals surface area contributed by atoms with Gasteiger partial charge in [-0.05, 0) is 183 Å². The Hall–Kier alpha value is -7.92. The molecular weight excluding hydrogens is 1280 g/mol. The molecule has 10 rings (SSSR count). The molecule has 8 aromatic rings. The van der Waals surface area contributed by atoms with Crippen molar-refractivity contribution < 1.29 is 77.6 Å². The molecule has 96 heavy (non-hydrogen) atoms. The predicted molar refractivity (Wildman–Crippen MR) is 363 cm³/mol. The van der Waals surface area contributed by atoms with Crippen LogP contribution in [0.2, 0.25) is 0 Å². The molecule has 6 aromatic carbocycles. The highest BCUT2D eigenvalue weighted by atomic mass is 32.2. The van der Waals surface area contributed by atoms with Gasteiger partial charge in [-0.25, -0.2) is 8.78 Å². The molecule has 0 atom stereocenters. The summed E-state index contributed by atoms with van der Waals surface area (Å²) in [5.74, 6) is -3.72. The standard InChI is InChI=1S/2C37H40F4N4O2S/c2*1-4-43(5-2)19-20-44(22-27-11-18-31(25(3)21-27)28-12-14-29(15-13-28)37(39,40)41)34(46)23-45-33-8-6-7-32(33)35(47)42-36(45)48-24-26-9-16-30(38)17-10-26/h2*9-18,21H,4-8,19-20,22-24H2,1-3H3/i4D2,5D2,11D,18D,19D2,20D2,21D,22D2,24D2;4D2,5D2,11D,18D,21D,24D2. The maximum atomic E-state index is 15.0. The van der Waals surface area contributed by atoms with Crippen LogP contribution < -0.4 is 11.1 Å². The lowest BCUT2D eigenvalue weighted by atomic mass is 9.97. The Labute approximate surface area is 597 Å². The second-order valence-electron chi connectivity index (χ2n) is 21.6. The van der Waals surface area contributed by atoms with Crippen LogP contribution in [0.5, 0.6) is 0 Å². The topological polar surface area (TPSA) is 117 Å². The zero-order valence-corrected chi connectivity index (χ0v) is 54.2. The number of rotatable bonds is 26. The van der Waals surface area contributed by atoms with Crippen LogP contribution in [0.1, 0.15) is 140 Å². The number of hydrogen-bond acceptors (Lipinski definition) is 10. The van der Waals surface area contributed by atoms with E-state index in [2.05, 4.69) is 9.97 Å². The van der Waals surface area contributed by atoms with Gasteiger partial charge >= 0.3 is 12.4 Å². The van der Waals surface area contributed by atoms with E-state index in [0.29, 0.717) is 74.7 Å². The van der Waals surface area contributed by atoms with E-state index in [4.69, 9.17) is 27.4 Å². The van der Waals surface area contributed by atoms with E-state index in [1.807, 2.05) is 0 Å². The van der Waals surface area contributed by atoms with Gasteiger partial charge in [0, 0.05) is 92.2 Å². The van der Waals surface area contributed by atoms with Crippen LogP contribution in [0.25, 0.3) is 22.3 Å². The number of nitrogens with zero attached hydrogens (tertiary/aromatic N) is 8. The molecule has 2 aliphatic rings. The van der Waals surface area contributed by atoms with Gasteiger partial charge in [0.25, 0.3) is 11.1 Å². The summed E-state index contributed by atoms with van der Waals surface area (Å²) in [6.07, 6.45) is -7.57. The van der Waals surface area contributed by atoms with E-state index >= 15 is 0 Å². The van der Waals surface area contributed by atoms with E-state index in [1.165, 1.54) is 23.6 Å². The summed E-state index contributed by atoms with van der Waals surface area (Å²) in [7, 11) is 0. The lowest BCUT2D eigenvalue weighted by molar-refractivity contribution is -0.138. The van der Waals surface area contributed by atoms with Crippen molar-refractivity contribution in [2.45, 2.75) is 140 Å². The van der Waals surface area contributed by atoms with E-state index in [9.17, 15) is 59.8 Å². The van der Waals surface area contributed by atoms with Gasteiger partial charge in [-0.2, -0.15) is 36.3 Å². The molecular formula is C74H80F8N8O4S2. The molecule has 2 amide bonds. The van der Waals surface area contributed by atoms with Gasteiger partial charge in [0.15, 0.2) is 10.3 Å². The maximum absolute atomic E-state index is 15.0. The Balaban J connectivity index is 0.000000274. The number of likely N-dealkylation sites (N-methyl/N-ethyl adjacent to an activating group) is 2. The molecule has 0 N–H and O–H groups in total. The third-order valence-electron chi connectivity index (χ3n) is 15.3. The van der Waals surface area contributed by atoms with Crippen LogP contribution in [0, 0.1) is 25.5 Å². The zero-order chi connectivity index (χ0) is 90.2. The molecule has 2 aromatic heterocycles. The fraction of sp³-hybridized carbons (Fsp3) is 0.378. The summed E-state index contributed by atoms with van der Waals surface area (Å²) >= 11 is 0.822. The first-order chi connectivity index (χ1) is 54.9. The largest absolute Gasteiger partial charge is 0.416 e. The summed E-state index contributed by atoms with van der Waals surface area (Å²) in [5, 5.41) is -0.649. The molecule has 2 heterocycles. The van der Waals surface area contributed by atoms with Crippen molar-refractivity contribution in [3.05, 3.63) is 233 Å². The second-order valence-corrected chi connectivity index (χ2v) is 23.1. The first-order valence-electron chi connectivity index (χ1n) is 41.8. The van der Waals surface area contributed by atoms with Crippen LogP contribution in [0.3, 0.4) is 0 Å². The number of carbonyl (C=O) groups excluding carboxylic acids is 2. The average molecular weight is 1390 g/mol. The fourth-order valence-corrected chi connectivity index (χ4v) is 11.9. The first kappa shape index (κ1) is 46.3. The minimum absolute atomic E-state index is 0.0527. The molecule has 0 spiro atoms. The summed E-state index contributed by atoms with van der Waals surface area (Å²) in [6, 6.07) is 11.9. The minimum atomic E-state index is -4.75. The lowest BCUT2D eigenvalue weighted by Gasteiger charge is -2.28. The average Bonchev–Trinajstić information content (AvgIpc) is 0.827. The molecule has 0 saturated carbocycles. The van der Waals surface area contributed by atoms with Crippen LogP contribution >= 0.6 is 23.5 Å². The van der Waals surface area contributed by atoms with E-state index in [1.54, 1.807) is 0 Å². The van der Waals surface area contributed by atoms with Crippen LogP contribution in [0.15, 0.2) is 153 Å². The summed E-state index contributed by atoms with van der Waals surface area (Å²) < 4.78 is 320. The maximum Gasteiger partial charge on any atom is 0.416 e. The highest BCUT2D eigenvalue weighted by Gasteiger charge is 2.32. The minimum Gasteiger partial charge on any atom is -0.336 e. The highest BCUT2D eigenvalue weighted by molar-refractivity contribution is 7.98. The van der Waals surface area contributed by atoms with Crippen LogP contribution in [-0.2, 0) is 85.2 Å². The molecule has 22 heteroatoms. The molecule has 0 fully saturated rings. The van der Waals surface area contributed by atoms with Gasteiger partial charge < -0.3 is 28.7 Å². The number of amides is 2. The normalized spacial score (nSPS) is 17.8. The van der Waals surface area contributed by atoms with E-state index in [0.717, 1.165) is 108 Å². The van der Waals surface area contributed by atoms with Crippen LogP contribution in [-0.4, -0.2) is 103 Å². The Bertz CT molecular complexity index is 5250. The molecule has 0 saturated heterocycles. The molecule has 0 bridgehead atoms. The number of aromatic nitrogens is 4. The van der Waals surface area contributed by atoms with Gasteiger partial charge in [0.1, 0.15) is 24.7 Å². The number of halogens is 8. The summed E-state index contributed by atoms with van der Waals surface area (Å²) in [6.45, 7) is -19.4. The van der Waals surface area contributed by atoms with Gasteiger partial charge in [0.2, 0.25) is 11.8 Å². The third kappa shape index (κ3) is 18.8. The molecule has 2 aliphatic carbocycles. The van der Waals surface area contributed by atoms with Crippen molar-refractivity contribution in [3.63, 3.8) is 0 Å². The molecule has 508 valence electrons. The van der Waals surface area contributed by atoms with E-state index < -0.39 is 180 Å². The van der Waals surface area contributed by atoms with E-state index in [-0.39, 0.29) is 115 Å². The van der Waals surface area contributed by atoms with Crippen molar-refractivity contribution in [1.82, 2.24) is 38.7 Å². The SMILES string of the molecule is [2H]c1c([2H])c(-c2ccc(C(F)(F)F)cc2)c(C)c([2H])c1CN(CCN(C([2H])([2H])C)C([2H])([2H])C)C(=O)Cn1c(SC([2H])([2H])c2ccc(F)cc2)nc(=O)c2c1CCC2.[2H]c1c([2H])c(C([2H])([2H])N(C(=O)Cn2c(SC([2H])([2H])c3ccc(F)cc3)nc(=O)c3c2CCC3)C([2H])([2H])C([2H])([2H])N(C([2H])([2H])C)C([2H])([2H])C)c([2H])c(C)c1-c1ccc(C(F)(F)F)cc1. The predicted octanol–water partition coefficient (Wildman–Crippen LogP) is 15.1. The van der Waals surface area contributed by atoms with Crippen molar-refractivity contribution >= 4 is 35.3 Å². The Morgan fingerprint density at radius 2 is 0.948 bits per heavy atom. The second kappa shape index (κ2) is 32.9. The Morgan fingerprint density at radius 3 is 1.38 bits per heavy atom. The quantitative estimate of drug-likeness (QED) is 0.0295. The summed E-state index contributed by atoms with van der Waals surface area (Å²) in [5.41, 5.74) is -8.87.